The fourth-order valence-electron chi connectivity index (χ4n) is 3.42. The van der Waals surface area contributed by atoms with Crippen LogP contribution in [0.5, 0.6) is 0 Å². The summed E-state index contributed by atoms with van der Waals surface area (Å²) in [7, 11) is 0. The van der Waals surface area contributed by atoms with Crippen LogP contribution < -0.4 is 0 Å². The number of rotatable bonds is 0. The number of piperidine rings is 2. The van der Waals surface area contributed by atoms with Gasteiger partial charge in [0.25, 0.3) is 0 Å². The summed E-state index contributed by atoms with van der Waals surface area (Å²) in [6.45, 7) is 7.75. The van der Waals surface area contributed by atoms with E-state index in [-0.39, 0.29) is 23.8 Å². The van der Waals surface area contributed by atoms with Crippen LogP contribution in [0.15, 0.2) is 0 Å². The lowest BCUT2D eigenvalue weighted by molar-refractivity contribution is -0.0825. The van der Waals surface area contributed by atoms with Crippen LogP contribution in [0.4, 0.5) is 4.79 Å². The highest BCUT2D eigenvalue weighted by Crippen LogP contribution is 2.42. The van der Waals surface area contributed by atoms with Gasteiger partial charge in [0.2, 0.25) is 0 Å². The van der Waals surface area contributed by atoms with Crippen LogP contribution >= 0.6 is 0 Å². The molecule has 4 heteroatoms. The Labute approximate surface area is 109 Å². The number of aliphatic hydroxyl groups excluding tert-OH is 1. The molecule has 0 saturated carbocycles. The highest BCUT2D eigenvalue weighted by atomic mass is 16.6. The third-order valence-corrected chi connectivity index (χ3v) is 4.01. The van der Waals surface area contributed by atoms with Crippen LogP contribution in [0.1, 0.15) is 59.8 Å². The lowest BCUT2D eigenvalue weighted by atomic mass is 9.74. The van der Waals surface area contributed by atoms with E-state index >= 15 is 0 Å². The number of ether oxygens (including phenoxy) is 1. The van der Waals surface area contributed by atoms with Crippen LogP contribution in [0.25, 0.3) is 0 Å². The molecule has 104 valence electrons. The van der Waals surface area contributed by atoms with Crippen molar-refractivity contribution in [3.63, 3.8) is 0 Å². The van der Waals surface area contributed by atoms with Crippen LogP contribution in [-0.4, -0.2) is 39.4 Å². The fourth-order valence-corrected chi connectivity index (χ4v) is 3.42. The lowest BCUT2D eigenvalue weighted by Gasteiger charge is -2.54. The molecule has 1 N–H and O–H groups in total. The molecule has 1 amide bonds. The summed E-state index contributed by atoms with van der Waals surface area (Å²) in [6.07, 6.45) is 3.93. The first kappa shape index (κ1) is 13.7. The molecule has 0 radical (unpaired) electrons. The number of carbonyl (C=O) groups is 1. The zero-order valence-corrected chi connectivity index (χ0v) is 11.9. The van der Waals surface area contributed by atoms with Crippen molar-refractivity contribution in [1.29, 1.82) is 0 Å². The Morgan fingerprint density at radius 1 is 1.44 bits per heavy atom. The zero-order valence-electron chi connectivity index (χ0n) is 11.9. The molecule has 3 atom stereocenters. The van der Waals surface area contributed by atoms with Crippen molar-refractivity contribution >= 4 is 6.09 Å². The van der Waals surface area contributed by atoms with Gasteiger partial charge in [0.15, 0.2) is 0 Å². The summed E-state index contributed by atoms with van der Waals surface area (Å²) >= 11 is 0. The summed E-state index contributed by atoms with van der Waals surface area (Å²) in [6, 6.07) is 0.141. The molecule has 2 bridgehead atoms. The molecule has 2 aliphatic rings. The normalized spacial score (nSPS) is 36.4. The molecule has 2 fully saturated rings. The first-order chi connectivity index (χ1) is 8.21. The minimum Gasteiger partial charge on any atom is -0.444 e. The van der Waals surface area contributed by atoms with E-state index in [1.54, 1.807) is 0 Å². The SMILES string of the molecule is CC(C)(C)OC(=O)N1C2CCC[C@@]1(C)C[C@H](O)C2. The predicted octanol–water partition coefficient (Wildman–Crippen LogP) is 2.69. The average molecular weight is 255 g/mol. The number of fused-ring (bicyclic) bond motifs is 2. The second-order valence-electron chi connectivity index (χ2n) is 6.99. The highest BCUT2D eigenvalue weighted by Gasteiger charge is 2.49. The molecule has 2 saturated heterocycles. The first-order valence-electron chi connectivity index (χ1n) is 6.92. The van der Waals surface area contributed by atoms with Crippen molar-refractivity contribution in [3.05, 3.63) is 0 Å². The van der Waals surface area contributed by atoms with Gasteiger partial charge >= 0.3 is 6.09 Å². The van der Waals surface area contributed by atoms with E-state index in [0.29, 0.717) is 12.8 Å². The maximum absolute atomic E-state index is 12.4. The molecule has 2 aliphatic heterocycles. The van der Waals surface area contributed by atoms with Gasteiger partial charge in [-0.05, 0) is 59.8 Å². The van der Waals surface area contributed by atoms with Crippen LogP contribution in [0, 0.1) is 0 Å². The van der Waals surface area contributed by atoms with Gasteiger partial charge < -0.3 is 9.84 Å². The summed E-state index contributed by atoms with van der Waals surface area (Å²) < 4.78 is 5.52. The van der Waals surface area contributed by atoms with Gasteiger partial charge in [-0.25, -0.2) is 4.79 Å². The van der Waals surface area contributed by atoms with Gasteiger partial charge in [-0.3, -0.25) is 4.90 Å². The van der Waals surface area contributed by atoms with Gasteiger partial charge in [-0.15, -0.1) is 0 Å². The van der Waals surface area contributed by atoms with E-state index in [1.165, 1.54) is 0 Å². The molecule has 0 aromatic carbocycles. The van der Waals surface area contributed by atoms with Gasteiger partial charge in [-0.1, -0.05) is 0 Å². The van der Waals surface area contributed by atoms with E-state index in [0.717, 1.165) is 19.3 Å². The Bertz CT molecular complexity index is 336. The summed E-state index contributed by atoms with van der Waals surface area (Å²) in [5, 5.41) is 9.93. The van der Waals surface area contributed by atoms with Crippen molar-refractivity contribution in [2.24, 2.45) is 0 Å². The summed E-state index contributed by atoms with van der Waals surface area (Å²) in [5.74, 6) is 0. The Morgan fingerprint density at radius 2 is 2.11 bits per heavy atom. The van der Waals surface area contributed by atoms with Crippen molar-refractivity contribution in [3.8, 4) is 0 Å². The van der Waals surface area contributed by atoms with E-state index in [9.17, 15) is 9.90 Å². The standard InChI is InChI=1S/C14H25NO3/c1-13(2,3)18-12(17)15-10-6-5-7-14(15,4)9-11(16)8-10/h10-11,16H,5-9H2,1-4H3/t10?,11-,14+/m1/s1. The second-order valence-corrected chi connectivity index (χ2v) is 6.99. The molecular formula is C14H25NO3. The Morgan fingerprint density at radius 3 is 2.67 bits per heavy atom. The largest absolute Gasteiger partial charge is 0.444 e. The lowest BCUT2D eigenvalue weighted by Crippen LogP contribution is -2.63. The molecule has 2 heterocycles. The molecule has 0 aromatic rings. The Kier molecular flexibility index (Phi) is 3.34. The molecule has 1 unspecified atom stereocenters. The van der Waals surface area contributed by atoms with Crippen LogP contribution in [-0.2, 0) is 4.74 Å². The van der Waals surface area contributed by atoms with Crippen molar-refractivity contribution in [2.75, 3.05) is 0 Å². The van der Waals surface area contributed by atoms with E-state index in [1.807, 2.05) is 25.7 Å². The molecule has 0 aliphatic carbocycles. The van der Waals surface area contributed by atoms with E-state index < -0.39 is 5.60 Å². The van der Waals surface area contributed by atoms with E-state index in [2.05, 4.69) is 6.92 Å². The molecular weight excluding hydrogens is 230 g/mol. The predicted molar refractivity (Wildman–Crippen MR) is 69.4 cm³/mol. The summed E-state index contributed by atoms with van der Waals surface area (Å²) in [4.78, 5) is 14.3. The average Bonchev–Trinajstić information content (AvgIpc) is 2.11. The number of hydrogen-bond donors (Lipinski definition) is 1. The van der Waals surface area contributed by atoms with Gasteiger partial charge in [0.1, 0.15) is 5.60 Å². The number of amides is 1. The first-order valence-corrected chi connectivity index (χ1v) is 6.92. The third kappa shape index (κ3) is 2.63. The van der Waals surface area contributed by atoms with Gasteiger partial charge in [0, 0.05) is 11.6 Å². The molecule has 0 aromatic heterocycles. The topological polar surface area (TPSA) is 49.8 Å². The number of aliphatic hydroxyl groups is 1. The van der Waals surface area contributed by atoms with Crippen molar-refractivity contribution < 1.29 is 14.6 Å². The van der Waals surface area contributed by atoms with Crippen molar-refractivity contribution in [2.45, 2.75) is 83.1 Å². The third-order valence-electron chi connectivity index (χ3n) is 4.01. The monoisotopic (exact) mass is 255 g/mol. The molecule has 18 heavy (non-hydrogen) atoms. The Hall–Kier alpha value is -0.770. The number of nitrogens with zero attached hydrogens (tertiary/aromatic N) is 1. The minimum atomic E-state index is -0.461. The highest BCUT2D eigenvalue weighted by molar-refractivity contribution is 5.70. The second kappa shape index (κ2) is 4.41. The Balaban J connectivity index is 2.18. The van der Waals surface area contributed by atoms with Gasteiger partial charge in [0.05, 0.1) is 6.10 Å². The fraction of sp³-hybridized carbons (Fsp3) is 0.929. The maximum atomic E-state index is 12.4. The van der Waals surface area contributed by atoms with Crippen LogP contribution in [0.2, 0.25) is 0 Å². The molecule has 0 spiro atoms. The van der Waals surface area contributed by atoms with Crippen LogP contribution in [0.3, 0.4) is 0 Å². The van der Waals surface area contributed by atoms with E-state index in [4.69, 9.17) is 4.74 Å². The minimum absolute atomic E-state index is 0.141. The van der Waals surface area contributed by atoms with Gasteiger partial charge in [-0.2, -0.15) is 0 Å². The maximum Gasteiger partial charge on any atom is 0.410 e. The molecule has 4 nitrogen and oxygen atoms in total. The smallest absolute Gasteiger partial charge is 0.410 e. The quantitative estimate of drug-likeness (QED) is 0.724. The zero-order chi connectivity index (χ0) is 13.6. The number of carbonyl (C=O) groups excluding carboxylic acids is 1. The van der Waals surface area contributed by atoms with Crippen molar-refractivity contribution in [1.82, 2.24) is 4.90 Å². The molecule has 2 rings (SSSR count). The summed E-state index contributed by atoms with van der Waals surface area (Å²) in [5.41, 5.74) is -0.694. The number of hydrogen-bond acceptors (Lipinski definition) is 3.